The second kappa shape index (κ2) is 7.12. The monoisotopic (exact) mass is 263 g/mol. The van der Waals surface area contributed by atoms with E-state index in [4.69, 9.17) is 0 Å². The van der Waals surface area contributed by atoms with Crippen molar-refractivity contribution in [3.8, 4) is 0 Å². The molecular formula is C15H25N3O. The van der Waals surface area contributed by atoms with Gasteiger partial charge in [-0.15, -0.1) is 0 Å². The fraction of sp³-hybridized carbons (Fsp3) is 0.600. The molecule has 0 aliphatic carbocycles. The van der Waals surface area contributed by atoms with Crippen LogP contribution in [-0.4, -0.2) is 24.0 Å². The molecule has 0 radical (unpaired) electrons. The van der Waals surface area contributed by atoms with E-state index in [1.807, 2.05) is 27.0 Å². The van der Waals surface area contributed by atoms with Crippen molar-refractivity contribution in [1.82, 2.24) is 10.3 Å². The molecule has 1 rings (SSSR count). The molecule has 1 amide bonds. The van der Waals surface area contributed by atoms with Crippen LogP contribution in [0.2, 0.25) is 0 Å². The van der Waals surface area contributed by atoms with Crippen molar-refractivity contribution < 1.29 is 4.79 Å². The average molecular weight is 263 g/mol. The van der Waals surface area contributed by atoms with Crippen molar-refractivity contribution in [3.63, 3.8) is 0 Å². The second-order valence-corrected chi connectivity index (χ2v) is 5.34. The first kappa shape index (κ1) is 15.5. The summed E-state index contributed by atoms with van der Waals surface area (Å²) in [6.45, 7) is 8.39. The molecule has 1 aromatic rings. The molecule has 0 aromatic carbocycles. The van der Waals surface area contributed by atoms with Gasteiger partial charge in [-0.25, -0.2) is 4.98 Å². The van der Waals surface area contributed by atoms with E-state index in [2.05, 4.69) is 29.5 Å². The molecule has 1 atom stereocenters. The fourth-order valence-electron chi connectivity index (χ4n) is 2.10. The maximum Gasteiger partial charge on any atom is 0.251 e. The summed E-state index contributed by atoms with van der Waals surface area (Å²) >= 11 is 0. The van der Waals surface area contributed by atoms with Crippen LogP contribution in [-0.2, 0) is 6.42 Å². The van der Waals surface area contributed by atoms with Crippen LogP contribution in [0.5, 0.6) is 0 Å². The van der Waals surface area contributed by atoms with Crippen LogP contribution >= 0.6 is 0 Å². The summed E-state index contributed by atoms with van der Waals surface area (Å²) in [4.78, 5) is 16.6. The van der Waals surface area contributed by atoms with Crippen LogP contribution in [0.15, 0.2) is 12.1 Å². The first-order valence-corrected chi connectivity index (χ1v) is 6.95. The molecule has 1 unspecified atom stereocenters. The minimum atomic E-state index is -0.0262. The number of nitrogens with one attached hydrogen (secondary N) is 2. The molecule has 0 aliphatic heterocycles. The molecular weight excluding hydrogens is 238 g/mol. The third-order valence-corrected chi connectivity index (χ3v) is 2.96. The van der Waals surface area contributed by atoms with Gasteiger partial charge >= 0.3 is 0 Å². The minimum absolute atomic E-state index is 0.0262. The van der Waals surface area contributed by atoms with Gasteiger partial charge in [-0.1, -0.05) is 20.8 Å². The van der Waals surface area contributed by atoms with Crippen molar-refractivity contribution >= 4 is 11.7 Å². The molecule has 4 heteroatoms. The molecule has 106 valence electrons. The minimum Gasteiger partial charge on any atom is -0.373 e. The molecule has 0 spiro atoms. The number of nitrogens with zero attached hydrogens (tertiary/aromatic N) is 1. The van der Waals surface area contributed by atoms with Crippen molar-refractivity contribution in [3.05, 3.63) is 23.4 Å². The van der Waals surface area contributed by atoms with Crippen molar-refractivity contribution in [2.24, 2.45) is 5.92 Å². The van der Waals surface area contributed by atoms with Gasteiger partial charge in [0.05, 0.1) is 0 Å². The van der Waals surface area contributed by atoms with Crippen LogP contribution < -0.4 is 10.6 Å². The number of carbonyl (C=O) groups excluding carboxylic acids is 1. The molecule has 1 aromatic heterocycles. The number of aryl methyl sites for hydroxylation is 1. The zero-order valence-electron chi connectivity index (χ0n) is 12.6. The number of amides is 1. The Kier molecular flexibility index (Phi) is 5.80. The van der Waals surface area contributed by atoms with Gasteiger partial charge in [0.15, 0.2) is 0 Å². The topological polar surface area (TPSA) is 54.0 Å². The number of rotatable bonds is 6. The quantitative estimate of drug-likeness (QED) is 0.829. The van der Waals surface area contributed by atoms with Gasteiger partial charge in [0, 0.05) is 24.3 Å². The highest BCUT2D eigenvalue weighted by Gasteiger charge is 2.12. The highest BCUT2D eigenvalue weighted by atomic mass is 16.1. The van der Waals surface area contributed by atoms with E-state index in [0.717, 1.165) is 24.4 Å². The van der Waals surface area contributed by atoms with Gasteiger partial charge in [0.1, 0.15) is 5.82 Å². The van der Waals surface area contributed by atoms with Crippen LogP contribution in [0.25, 0.3) is 0 Å². The maximum absolute atomic E-state index is 12.2. The standard InChI is InChI=1S/C15H25N3O/c1-6-13-8-12(9-14(16-5)18-13)15(19)17-11(4)7-10(2)3/h8-11H,6-7H2,1-5H3,(H,16,18)(H,17,19). The number of hydrogen-bond donors (Lipinski definition) is 2. The Hall–Kier alpha value is -1.58. The Morgan fingerprint density at radius 2 is 2.00 bits per heavy atom. The molecule has 0 aliphatic rings. The molecule has 0 bridgehead atoms. The van der Waals surface area contributed by atoms with Gasteiger partial charge in [0.25, 0.3) is 5.91 Å². The molecule has 0 fully saturated rings. The SMILES string of the molecule is CCc1cc(C(=O)NC(C)CC(C)C)cc(NC)n1. The van der Waals surface area contributed by atoms with E-state index in [9.17, 15) is 4.79 Å². The summed E-state index contributed by atoms with van der Waals surface area (Å²) in [6, 6.07) is 3.83. The van der Waals surface area contributed by atoms with Crippen LogP contribution in [0.4, 0.5) is 5.82 Å². The predicted octanol–water partition coefficient (Wildman–Crippen LogP) is 2.85. The summed E-state index contributed by atoms with van der Waals surface area (Å²) in [7, 11) is 1.81. The predicted molar refractivity (Wildman–Crippen MR) is 79.5 cm³/mol. The van der Waals surface area contributed by atoms with E-state index < -0.39 is 0 Å². The third-order valence-electron chi connectivity index (χ3n) is 2.96. The Morgan fingerprint density at radius 3 is 2.53 bits per heavy atom. The van der Waals surface area contributed by atoms with Crippen molar-refractivity contribution in [1.29, 1.82) is 0 Å². The maximum atomic E-state index is 12.2. The molecule has 1 heterocycles. The lowest BCUT2D eigenvalue weighted by Crippen LogP contribution is -2.33. The van der Waals surface area contributed by atoms with Gasteiger partial charge in [-0.2, -0.15) is 0 Å². The van der Waals surface area contributed by atoms with Gasteiger partial charge in [-0.05, 0) is 37.8 Å². The smallest absolute Gasteiger partial charge is 0.251 e. The van der Waals surface area contributed by atoms with E-state index in [1.165, 1.54) is 0 Å². The lowest BCUT2D eigenvalue weighted by atomic mass is 10.0. The Labute approximate surface area is 116 Å². The molecule has 2 N–H and O–H groups in total. The number of aromatic nitrogens is 1. The highest BCUT2D eigenvalue weighted by molar-refractivity contribution is 5.95. The Morgan fingerprint density at radius 1 is 1.32 bits per heavy atom. The van der Waals surface area contributed by atoms with Crippen molar-refractivity contribution in [2.45, 2.75) is 46.6 Å². The summed E-state index contributed by atoms with van der Waals surface area (Å²) in [5, 5.41) is 6.03. The summed E-state index contributed by atoms with van der Waals surface area (Å²) in [6.07, 6.45) is 1.80. The van der Waals surface area contributed by atoms with Gasteiger partial charge in [-0.3, -0.25) is 4.79 Å². The third kappa shape index (κ3) is 4.89. The van der Waals surface area contributed by atoms with Crippen LogP contribution in [0, 0.1) is 5.92 Å². The van der Waals surface area contributed by atoms with E-state index >= 15 is 0 Å². The fourth-order valence-corrected chi connectivity index (χ4v) is 2.10. The largest absolute Gasteiger partial charge is 0.373 e. The lowest BCUT2D eigenvalue weighted by molar-refractivity contribution is 0.0936. The number of pyridine rings is 1. The molecule has 0 saturated carbocycles. The van der Waals surface area contributed by atoms with Crippen molar-refractivity contribution in [2.75, 3.05) is 12.4 Å². The van der Waals surface area contributed by atoms with Crippen LogP contribution in [0.3, 0.4) is 0 Å². The Balaban J connectivity index is 2.81. The van der Waals surface area contributed by atoms with E-state index in [0.29, 0.717) is 11.5 Å². The number of anilines is 1. The van der Waals surface area contributed by atoms with Gasteiger partial charge < -0.3 is 10.6 Å². The zero-order chi connectivity index (χ0) is 14.4. The number of carbonyl (C=O) groups is 1. The summed E-state index contributed by atoms with van der Waals surface area (Å²) in [5.74, 6) is 1.29. The molecule has 0 saturated heterocycles. The van der Waals surface area contributed by atoms with E-state index in [-0.39, 0.29) is 11.9 Å². The second-order valence-electron chi connectivity index (χ2n) is 5.34. The number of hydrogen-bond acceptors (Lipinski definition) is 3. The summed E-state index contributed by atoms with van der Waals surface area (Å²) in [5.41, 5.74) is 1.60. The zero-order valence-corrected chi connectivity index (χ0v) is 12.6. The lowest BCUT2D eigenvalue weighted by Gasteiger charge is -2.16. The Bertz CT molecular complexity index is 407. The van der Waals surface area contributed by atoms with Gasteiger partial charge in [0.2, 0.25) is 0 Å². The average Bonchev–Trinajstić information content (AvgIpc) is 2.36. The van der Waals surface area contributed by atoms with Crippen LogP contribution in [0.1, 0.15) is 50.2 Å². The molecule has 4 nitrogen and oxygen atoms in total. The molecule has 19 heavy (non-hydrogen) atoms. The van der Waals surface area contributed by atoms with E-state index in [1.54, 1.807) is 6.07 Å². The first-order chi connectivity index (χ1) is 8.96. The highest BCUT2D eigenvalue weighted by Crippen LogP contribution is 2.12. The first-order valence-electron chi connectivity index (χ1n) is 6.95. The normalized spacial score (nSPS) is 12.3. The summed E-state index contributed by atoms with van der Waals surface area (Å²) < 4.78 is 0.